The fraction of sp³-hybridized carbons (Fsp3) is 0.125. The van der Waals surface area contributed by atoms with E-state index in [1.54, 1.807) is 6.07 Å². The van der Waals surface area contributed by atoms with Crippen LogP contribution in [0.4, 0.5) is 4.39 Å². The molecule has 1 aromatic carbocycles. The molecule has 0 spiro atoms. The molecule has 2 nitrogen and oxygen atoms in total. The Morgan fingerprint density at radius 2 is 2.25 bits per heavy atom. The molecular formula is C8H8AsFO2. The van der Waals surface area contributed by atoms with Gasteiger partial charge in [0, 0.05) is 0 Å². The fourth-order valence-electron chi connectivity index (χ4n) is 0.843. The quantitative estimate of drug-likeness (QED) is 0.755. The topological polar surface area (TPSA) is 37.3 Å². The average molecular weight is 230 g/mol. The Labute approximate surface area is 77.9 Å². The summed E-state index contributed by atoms with van der Waals surface area (Å²) in [6.45, 7) is 0. The van der Waals surface area contributed by atoms with Crippen LogP contribution in [0.1, 0.15) is 10.3 Å². The van der Waals surface area contributed by atoms with Gasteiger partial charge in [0.25, 0.3) is 0 Å². The van der Waals surface area contributed by atoms with E-state index in [4.69, 9.17) is 5.11 Å². The second kappa shape index (κ2) is 3.72. The van der Waals surface area contributed by atoms with Crippen molar-refractivity contribution < 1.29 is 14.3 Å². The summed E-state index contributed by atoms with van der Waals surface area (Å²) in [5.74, 6) is -1.31. The Kier molecular flexibility index (Phi) is 2.87. The van der Waals surface area contributed by atoms with Gasteiger partial charge in [0.05, 0.1) is 0 Å². The third kappa shape index (κ3) is 2.08. The standard InChI is InChI=1S/C8H8AsFO2/c9-7(8(11)12)5-2-1-3-6(10)4-5/h1-4,7H,9H2,(H,11,12). The Hall–Kier alpha value is -0.822. The molecule has 64 valence electrons. The van der Waals surface area contributed by atoms with E-state index in [0.717, 1.165) is 16.9 Å². The van der Waals surface area contributed by atoms with Crippen LogP contribution in [0.3, 0.4) is 0 Å². The van der Waals surface area contributed by atoms with E-state index < -0.39 is 16.5 Å². The third-order valence-corrected chi connectivity index (χ3v) is 2.88. The van der Waals surface area contributed by atoms with Gasteiger partial charge in [0.15, 0.2) is 0 Å². The summed E-state index contributed by atoms with van der Waals surface area (Å²) in [6, 6.07) is 5.68. The van der Waals surface area contributed by atoms with Gasteiger partial charge in [0.2, 0.25) is 0 Å². The van der Waals surface area contributed by atoms with E-state index in [2.05, 4.69) is 0 Å². The second-order valence-electron chi connectivity index (χ2n) is 2.37. The van der Waals surface area contributed by atoms with Gasteiger partial charge in [0.1, 0.15) is 0 Å². The SMILES string of the molecule is O=C(O)C([AsH2])c1cccc(F)c1. The predicted molar refractivity (Wildman–Crippen MR) is 45.3 cm³/mol. The summed E-state index contributed by atoms with van der Waals surface area (Å²) in [7, 11) is 0. The van der Waals surface area contributed by atoms with Crippen LogP contribution in [0.15, 0.2) is 24.3 Å². The average Bonchev–Trinajstić information content (AvgIpc) is 2.03. The molecule has 1 N–H and O–H groups in total. The van der Waals surface area contributed by atoms with Gasteiger partial charge in [-0.3, -0.25) is 0 Å². The summed E-state index contributed by atoms with van der Waals surface area (Å²) in [5, 5.41) is 8.62. The fourth-order valence-corrected chi connectivity index (χ4v) is 1.28. The molecule has 0 bridgehead atoms. The number of hydrogen-bond donors (Lipinski definition) is 1. The Morgan fingerprint density at radius 1 is 1.58 bits per heavy atom. The summed E-state index contributed by atoms with van der Waals surface area (Å²) >= 11 is 1.06. The normalized spacial score (nSPS) is 12.5. The molecule has 1 rings (SSSR count). The first-order chi connectivity index (χ1) is 5.61. The first-order valence-electron chi connectivity index (χ1n) is 3.35. The van der Waals surface area contributed by atoms with Gasteiger partial charge in [-0.15, -0.1) is 0 Å². The maximum atomic E-state index is 12.6. The molecule has 0 aliphatic rings. The van der Waals surface area contributed by atoms with Gasteiger partial charge >= 0.3 is 77.5 Å². The van der Waals surface area contributed by atoms with Crippen LogP contribution < -0.4 is 0 Å². The first-order valence-corrected chi connectivity index (χ1v) is 4.75. The molecule has 2 atom stereocenters. The maximum absolute atomic E-state index is 12.6. The molecule has 0 aliphatic heterocycles. The first kappa shape index (κ1) is 9.27. The van der Waals surface area contributed by atoms with Crippen LogP contribution in [0.2, 0.25) is 0 Å². The zero-order chi connectivity index (χ0) is 9.14. The van der Waals surface area contributed by atoms with Crippen LogP contribution in [0.25, 0.3) is 0 Å². The van der Waals surface area contributed by atoms with Gasteiger partial charge in [-0.25, -0.2) is 0 Å². The predicted octanol–water partition coefficient (Wildman–Crippen LogP) is 0.585. The molecule has 1 aromatic rings. The zero-order valence-corrected chi connectivity index (χ0v) is 8.62. The van der Waals surface area contributed by atoms with Crippen LogP contribution in [0.5, 0.6) is 0 Å². The third-order valence-electron chi connectivity index (χ3n) is 1.47. The molecule has 0 amide bonds. The van der Waals surface area contributed by atoms with Crippen LogP contribution in [-0.4, -0.2) is 27.9 Å². The van der Waals surface area contributed by atoms with Gasteiger partial charge in [-0.2, -0.15) is 0 Å². The minimum absolute atomic E-state index is 0.392. The Balaban J connectivity index is 2.95. The molecule has 0 heterocycles. The zero-order valence-electron chi connectivity index (χ0n) is 6.20. The van der Waals surface area contributed by atoms with Crippen molar-refractivity contribution in [2.75, 3.05) is 0 Å². The van der Waals surface area contributed by atoms with Gasteiger partial charge < -0.3 is 0 Å². The van der Waals surface area contributed by atoms with Crippen molar-refractivity contribution in [3.05, 3.63) is 35.6 Å². The molecule has 0 saturated carbocycles. The number of rotatable bonds is 2. The van der Waals surface area contributed by atoms with Crippen molar-refractivity contribution in [3.8, 4) is 0 Å². The monoisotopic (exact) mass is 230 g/mol. The molecule has 4 heteroatoms. The van der Waals surface area contributed by atoms with Crippen molar-refractivity contribution in [3.63, 3.8) is 0 Å². The van der Waals surface area contributed by atoms with Crippen molar-refractivity contribution in [2.24, 2.45) is 0 Å². The summed E-state index contributed by atoms with van der Waals surface area (Å²) in [4.78, 5) is 10.5. The van der Waals surface area contributed by atoms with E-state index in [0.29, 0.717) is 5.56 Å². The van der Waals surface area contributed by atoms with Crippen molar-refractivity contribution in [1.29, 1.82) is 0 Å². The number of halogens is 1. The van der Waals surface area contributed by atoms with Crippen molar-refractivity contribution in [1.82, 2.24) is 0 Å². The van der Waals surface area contributed by atoms with E-state index in [1.807, 2.05) is 0 Å². The number of benzene rings is 1. The Bertz CT molecular complexity index is 301. The Morgan fingerprint density at radius 3 is 2.75 bits per heavy atom. The van der Waals surface area contributed by atoms with Crippen LogP contribution in [-0.2, 0) is 4.79 Å². The van der Waals surface area contributed by atoms with Crippen molar-refractivity contribution >= 4 is 22.8 Å². The molecule has 0 saturated heterocycles. The van der Waals surface area contributed by atoms with E-state index in [1.165, 1.54) is 18.2 Å². The molecule has 12 heavy (non-hydrogen) atoms. The van der Waals surface area contributed by atoms with Gasteiger partial charge in [-0.05, 0) is 0 Å². The van der Waals surface area contributed by atoms with Gasteiger partial charge in [-0.1, -0.05) is 0 Å². The summed E-state index contributed by atoms with van der Waals surface area (Å²) in [6.07, 6.45) is 0. The molecule has 0 radical (unpaired) electrons. The van der Waals surface area contributed by atoms with E-state index in [-0.39, 0.29) is 0 Å². The minimum atomic E-state index is -0.916. The molecule has 2 unspecified atom stereocenters. The van der Waals surface area contributed by atoms with Crippen molar-refractivity contribution in [2.45, 2.75) is 4.71 Å². The number of aliphatic carboxylic acids is 1. The number of carboxylic acids is 1. The van der Waals surface area contributed by atoms with E-state index in [9.17, 15) is 9.18 Å². The molecule has 0 fully saturated rings. The van der Waals surface area contributed by atoms with E-state index >= 15 is 0 Å². The number of hydrogen-bond acceptors (Lipinski definition) is 1. The van der Waals surface area contributed by atoms with Crippen LogP contribution >= 0.6 is 0 Å². The molecular weight excluding hydrogens is 222 g/mol. The molecule has 0 aromatic heterocycles. The summed E-state index contributed by atoms with van der Waals surface area (Å²) < 4.78 is 12.0. The number of carboxylic acid groups (broad SMARTS) is 1. The molecule has 0 aliphatic carbocycles. The summed E-state index contributed by atoms with van der Waals surface area (Å²) in [5.41, 5.74) is 0.516. The number of carbonyl (C=O) groups is 1. The van der Waals surface area contributed by atoms with Crippen LogP contribution in [0, 0.1) is 5.82 Å². The second-order valence-corrected chi connectivity index (χ2v) is 3.77.